The molecule has 2 aromatic heterocycles. The maximum Gasteiger partial charge on any atom is 0.116 e. The van der Waals surface area contributed by atoms with Crippen LogP contribution in [0, 0.1) is 0 Å². The first kappa shape index (κ1) is 12.8. The van der Waals surface area contributed by atoms with Crippen LogP contribution in [0.4, 0.5) is 5.69 Å². The fourth-order valence-electron chi connectivity index (χ4n) is 2.44. The monoisotopic (exact) mass is 310 g/mol. The average molecular weight is 310 g/mol. The Morgan fingerprint density at radius 2 is 1.95 bits per heavy atom. The number of nitrogens with one attached hydrogen (secondary N) is 1. The van der Waals surface area contributed by atoms with Crippen molar-refractivity contribution in [2.45, 2.75) is 13.0 Å². The second kappa shape index (κ2) is 5.13. The Hall–Kier alpha value is -1.91. The van der Waals surface area contributed by atoms with Crippen LogP contribution in [0.2, 0.25) is 0 Å². The van der Waals surface area contributed by atoms with Gasteiger partial charge in [0.2, 0.25) is 0 Å². The zero-order valence-electron chi connectivity index (χ0n) is 11.5. The number of hydrogen-bond donors (Lipinski definition) is 1. The summed E-state index contributed by atoms with van der Waals surface area (Å²) in [6.45, 7) is 2.16. The lowest BCUT2D eigenvalue weighted by molar-refractivity contribution is 0.875. The largest absolute Gasteiger partial charge is 0.376 e. The van der Waals surface area contributed by atoms with Crippen molar-refractivity contribution < 1.29 is 0 Å². The number of thiazole rings is 1. The predicted octanol–water partition coefficient (Wildman–Crippen LogP) is 5.68. The first-order valence-electron chi connectivity index (χ1n) is 6.89. The second-order valence-corrected chi connectivity index (χ2v) is 7.07. The highest BCUT2D eigenvalue weighted by Crippen LogP contribution is 2.30. The minimum atomic E-state index is 0.207. The number of aromatic nitrogens is 1. The summed E-state index contributed by atoms with van der Waals surface area (Å²) in [6.07, 6.45) is 0. The number of anilines is 1. The Kier molecular flexibility index (Phi) is 3.13. The summed E-state index contributed by atoms with van der Waals surface area (Å²) in [5, 5.41) is 8.10. The molecule has 104 valence electrons. The maximum atomic E-state index is 4.72. The fraction of sp³-hybridized carbons (Fsp3) is 0.118. The molecule has 0 amide bonds. The van der Waals surface area contributed by atoms with Gasteiger partial charge in [-0.25, -0.2) is 4.98 Å². The fourth-order valence-corrected chi connectivity index (χ4v) is 4.18. The summed E-state index contributed by atoms with van der Waals surface area (Å²) in [6, 6.07) is 17.2. The van der Waals surface area contributed by atoms with E-state index in [9.17, 15) is 0 Å². The van der Waals surface area contributed by atoms with E-state index in [2.05, 4.69) is 60.1 Å². The molecule has 0 fully saturated rings. The quantitative estimate of drug-likeness (QED) is 0.526. The molecule has 0 spiro atoms. The molecule has 21 heavy (non-hydrogen) atoms. The average Bonchev–Trinajstić information content (AvgIpc) is 3.13. The van der Waals surface area contributed by atoms with E-state index < -0.39 is 0 Å². The van der Waals surface area contributed by atoms with Crippen molar-refractivity contribution >= 4 is 48.7 Å². The van der Waals surface area contributed by atoms with Crippen LogP contribution in [0.15, 0.2) is 53.9 Å². The van der Waals surface area contributed by atoms with E-state index >= 15 is 0 Å². The molecule has 2 nitrogen and oxygen atoms in total. The van der Waals surface area contributed by atoms with E-state index in [-0.39, 0.29) is 6.04 Å². The van der Waals surface area contributed by atoms with Gasteiger partial charge in [-0.05, 0) is 54.1 Å². The number of benzene rings is 2. The van der Waals surface area contributed by atoms with E-state index in [1.165, 1.54) is 14.8 Å². The summed E-state index contributed by atoms with van der Waals surface area (Å²) in [5.41, 5.74) is 2.23. The van der Waals surface area contributed by atoms with Gasteiger partial charge in [-0.1, -0.05) is 12.1 Å². The topological polar surface area (TPSA) is 24.9 Å². The van der Waals surface area contributed by atoms with Gasteiger partial charge in [-0.3, -0.25) is 0 Å². The third-order valence-corrected chi connectivity index (χ3v) is 5.63. The van der Waals surface area contributed by atoms with Crippen LogP contribution < -0.4 is 5.32 Å². The van der Waals surface area contributed by atoms with Gasteiger partial charge in [-0.2, -0.15) is 0 Å². The number of nitrogens with zero attached hydrogens (tertiary/aromatic N) is 1. The van der Waals surface area contributed by atoms with Crippen molar-refractivity contribution in [1.82, 2.24) is 4.98 Å². The summed E-state index contributed by atoms with van der Waals surface area (Å²) in [5.74, 6) is 0. The van der Waals surface area contributed by atoms with Crippen LogP contribution in [-0.2, 0) is 0 Å². The van der Waals surface area contributed by atoms with Gasteiger partial charge in [0.1, 0.15) is 5.01 Å². The summed E-state index contributed by atoms with van der Waals surface area (Å²) < 4.78 is 2.57. The third kappa shape index (κ3) is 2.41. The SMILES string of the molecule is CC(Nc1ccc2sccc2c1)c1nc2ccccc2s1. The van der Waals surface area contributed by atoms with Crippen molar-refractivity contribution in [3.8, 4) is 0 Å². The molecule has 0 saturated heterocycles. The van der Waals surface area contributed by atoms with Gasteiger partial charge >= 0.3 is 0 Å². The molecule has 4 heteroatoms. The zero-order chi connectivity index (χ0) is 14.2. The highest BCUT2D eigenvalue weighted by Gasteiger charge is 2.11. The molecule has 1 unspecified atom stereocenters. The first-order chi connectivity index (χ1) is 10.3. The number of hydrogen-bond acceptors (Lipinski definition) is 4. The molecule has 1 N–H and O–H groups in total. The number of rotatable bonds is 3. The third-order valence-electron chi connectivity index (χ3n) is 3.52. The predicted molar refractivity (Wildman–Crippen MR) is 93.5 cm³/mol. The molecule has 4 rings (SSSR count). The van der Waals surface area contributed by atoms with Crippen molar-refractivity contribution in [3.05, 3.63) is 58.9 Å². The highest BCUT2D eigenvalue weighted by atomic mass is 32.1. The van der Waals surface area contributed by atoms with Crippen LogP contribution in [0.5, 0.6) is 0 Å². The lowest BCUT2D eigenvalue weighted by atomic mass is 10.2. The minimum absolute atomic E-state index is 0.207. The molecule has 2 heterocycles. The van der Waals surface area contributed by atoms with Crippen molar-refractivity contribution in [2.75, 3.05) is 5.32 Å². The van der Waals surface area contributed by atoms with E-state index in [0.717, 1.165) is 16.2 Å². The normalized spacial score (nSPS) is 12.8. The molecular formula is C17H14N2S2. The van der Waals surface area contributed by atoms with Crippen molar-refractivity contribution in [3.63, 3.8) is 0 Å². The van der Waals surface area contributed by atoms with E-state index in [1.54, 1.807) is 22.7 Å². The Morgan fingerprint density at radius 1 is 1.05 bits per heavy atom. The summed E-state index contributed by atoms with van der Waals surface area (Å²) in [7, 11) is 0. The van der Waals surface area contributed by atoms with Crippen LogP contribution in [0.3, 0.4) is 0 Å². The molecule has 0 bridgehead atoms. The zero-order valence-corrected chi connectivity index (χ0v) is 13.2. The number of fused-ring (bicyclic) bond motifs is 2. The Bertz CT molecular complexity index is 874. The van der Waals surface area contributed by atoms with Crippen LogP contribution in [-0.4, -0.2) is 4.98 Å². The lowest BCUT2D eigenvalue weighted by Crippen LogP contribution is -2.05. The van der Waals surface area contributed by atoms with E-state index in [0.29, 0.717) is 0 Å². The molecule has 0 aliphatic heterocycles. The molecule has 0 aliphatic rings. The highest BCUT2D eigenvalue weighted by molar-refractivity contribution is 7.18. The van der Waals surface area contributed by atoms with Gasteiger partial charge in [0.25, 0.3) is 0 Å². The van der Waals surface area contributed by atoms with E-state index in [4.69, 9.17) is 4.98 Å². The van der Waals surface area contributed by atoms with Gasteiger partial charge < -0.3 is 5.32 Å². The van der Waals surface area contributed by atoms with Gasteiger partial charge in [-0.15, -0.1) is 22.7 Å². The molecular weight excluding hydrogens is 296 g/mol. The Morgan fingerprint density at radius 3 is 2.86 bits per heavy atom. The standard InChI is InChI=1S/C17H14N2S2/c1-11(17-19-14-4-2-3-5-16(14)21-17)18-13-6-7-15-12(10-13)8-9-20-15/h2-11,18H,1H3. The van der Waals surface area contributed by atoms with Crippen molar-refractivity contribution in [1.29, 1.82) is 0 Å². The van der Waals surface area contributed by atoms with Crippen molar-refractivity contribution in [2.24, 2.45) is 0 Å². The molecule has 4 aromatic rings. The minimum Gasteiger partial charge on any atom is -0.376 e. The Balaban J connectivity index is 1.63. The van der Waals surface area contributed by atoms with Gasteiger partial charge in [0.05, 0.1) is 16.3 Å². The van der Waals surface area contributed by atoms with Crippen LogP contribution in [0.1, 0.15) is 18.0 Å². The molecule has 0 radical (unpaired) electrons. The lowest BCUT2D eigenvalue weighted by Gasteiger charge is -2.12. The maximum absolute atomic E-state index is 4.72. The second-order valence-electron chi connectivity index (χ2n) is 5.06. The smallest absolute Gasteiger partial charge is 0.116 e. The number of para-hydroxylation sites is 1. The summed E-state index contributed by atoms with van der Waals surface area (Å²) in [4.78, 5) is 4.72. The molecule has 0 aliphatic carbocycles. The van der Waals surface area contributed by atoms with Gasteiger partial charge in [0, 0.05) is 10.4 Å². The van der Waals surface area contributed by atoms with Crippen LogP contribution in [0.25, 0.3) is 20.3 Å². The molecule has 0 saturated carbocycles. The number of thiophene rings is 1. The summed E-state index contributed by atoms with van der Waals surface area (Å²) >= 11 is 3.53. The van der Waals surface area contributed by atoms with E-state index in [1.807, 2.05) is 6.07 Å². The molecule has 2 aromatic carbocycles. The Labute approximate surface area is 131 Å². The molecule has 1 atom stereocenters. The van der Waals surface area contributed by atoms with Gasteiger partial charge in [0.15, 0.2) is 0 Å². The first-order valence-corrected chi connectivity index (χ1v) is 8.58. The van der Waals surface area contributed by atoms with Crippen LogP contribution >= 0.6 is 22.7 Å².